The molecule has 3 atom stereocenters. The average molecular weight is 192 g/mol. The lowest BCUT2D eigenvalue weighted by atomic mass is 9.63. The van der Waals surface area contributed by atoms with Crippen LogP contribution in [0.2, 0.25) is 0 Å². The van der Waals surface area contributed by atoms with E-state index in [0.717, 1.165) is 12.8 Å². The smallest absolute Gasteiger partial charge is 0.200 e. The maximum absolute atomic E-state index is 6.00. The van der Waals surface area contributed by atoms with Gasteiger partial charge in [0.05, 0.1) is 6.26 Å². The highest BCUT2D eigenvalue weighted by molar-refractivity contribution is 5.23. The second-order valence-electron chi connectivity index (χ2n) is 4.65. The van der Waals surface area contributed by atoms with Gasteiger partial charge < -0.3 is 9.47 Å². The Labute approximate surface area is 84.6 Å². The Kier molecular flexibility index (Phi) is 1.61. The largest absolute Gasteiger partial charge is 0.473 e. The SMILES string of the molecule is C=C[C@@]12CCCC[C@@]13C=CO[C@@H](C2)O3. The van der Waals surface area contributed by atoms with Gasteiger partial charge in [-0.1, -0.05) is 18.9 Å². The van der Waals surface area contributed by atoms with Crippen molar-refractivity contribution >= 4 is 0 Å². The van der Waals surface area contributed by atoms with Crippen LogP contribution >= 0.6 is 0 Å². The third kappa shape index (κ3) is 0.850. The van der Waals surface area contributed by atoms with Crippen LogP contribution in [0.3, 0.4) is 0 Å². The summed E-state index contributed by atoms with van der Waals surface area (Å²) in [6, 6.07) is 0. The highest BCUT2D eigenvalue weighted by atomic mass is 16.7. The number of ether oxygens (including phenoxy) is 2. The fraction of sp³-hybridized carbons (Fsp3) is 0.667. The van der Waals surface area contributed by atoms with Crippen LogP contribution in [0, 0.1) is 5.41 Å². The van der Waals surface area contributed by atoms with E-state index in [-0.39, 0.29) is 17.3 Å². The molecule has 3 aliphatic rings. The molecule has 1 aliphatic carbocycles. The van der Waals surface area contributed by atoms with Crippen molar-refractivity contribution in [2.24, 2.45) is 5.41 Å². The molecule has 0 aromatic heterocycles. The van der Waals surface area contributed by atoms with E-state index in [9.17, 15) is 0 Å². The lowest BCUT2D eigenvalue weighted by Crippen LogP contribution is -2.45. The molecule has 1 saturated heterocycles. The van der Waals surface area contributed by atoms with Gasteiger partial charge in [0.1, 0.15) is 5.60 Å². The molecular weight excluding hydrogens is 176 g/mol. The van der Waals surface area contributed by atoms with Crippen molar-refractivity contribution in [2.75, 3.05) is 0 Å². The van der Waals surface area contributed by atoms with E-state index in [4.69, 9.17) is 9.47 Å². The number of rotatable bonds is 1. The molecule has 1 spiro atoms. The quantitative estimate of drug-likeness (QED) is 0.595. The van der Waals surface area contributed by atoms with Crippen molar-refractivity contribution in [3.63, 3.8) is 0 Å². The number of hydrogen-bond donors (Lipinski definition) is 0. The Morgan fingerprint density at radius 1 is 1.36 bits per heavy atom. The first kappa shape index (κ1) is 8.54. The topological polar surface area (TPSA) is 18.5 Å². The van der Waals surface area contributed by atoms with Crippen LogP contribution in [-0.4, -0.2) is 11.9 Å². The highest BCUT2D eigenvalue weighted by Crippen LogP contribution is 2.58. The highest BCUT2D eigenvalue weighted by Gasteiger charge is 2.59. The van der Waals surface area contributed by atoms with E-state index in [2.05, 4.69) is 18.7 Å². The van der Waals surface area contributed by atoms with Crippen molar-refractivity contribution in [3.05, 3.63) is 25.0 Å². The predicted molar refractivity (Wildman–Crippen MR) is 53.5 cm³/mol. The molecule has 0 aromatic carbocycles. The average Bonchev–Trinajstić information content (AvgIpc) is 2.45. The summed E-state index contributed by atoms with van der Waals surface area (Å²) in [6.45, 7) is 4.00. The van der Waals surface area contributed by atoms with Crippen LogP contribution in [0.15, 0.2) is 25.0 Å². The molecule has 2 bridgehead atoms. The van der Waals surface area contributed by atoms with Crippen LogP contribution in [-0.2, 0) is 9.47 Å². The second kappa shape index (κ2) is 2.63. The summed E-state index contributed by atoms with van der Waals surface area (Å²) in [4.78, 5) is 0. The van der Waals surface area contributed by atoms with Crippen LogP contribution in [0.4, 0.5) is 0 Å². The van der Waals surface area contributed by atoms with E-state index in [0.29, 0.717) is 0 Å². The van der Waals surface area contributed by atoms with Crippen molar-refractivity contribution in [1.29, 1.82) is 0 Å². The molecule has 0 radical (unpaired) electrons. The summed E-state index contributed by atoms with van der Waals surface area (Å²) >= 11 is 0. The zero-order chi connectivity index (χ0) is 9.65. The molecule has 3 rings (SSSR count). The molecule has 0 amide bonds. The van der Waals surface area contributed by atoms with Crippen molar-refractivity contribution in [3.8, 4) is 0 Å². The molecule has 2 nitrogen and oxygen atoms in total. The molecule has 0 unspecified atom stereocenters. The van der Waals surface area contributed by atoms with Gasteiger partial charge in [0, 0.05) is 11.8 Å². The first-order valence-corrected chi connectivity index (χ1v) is 5.45. The molecule has 14 heavy (non-hydrogen) atoms. The Morgan fingerprint density at radius 2 is 2.21 bits per heavy atom. The van der Waals surface area contributed by atoms with Gasteiger partial charge in [-0.05, 0) is 18.9 Å². The van der Waals surface area contributed by atoms with Crippen LogP contribution < -0.4 is 0 Å². The standard InChI is InChI=1S/C12H16O2/c1-2-11-5-3-4-6-12(11)7-8-13-10(9-11)14-12/h2,7-8,10H,1,3-6,9H2/t10-,11+,12-/m1/s1. The van der Waals surface area contributed by atoms with Crippen LogP contribution in [0.25, 0.3) is 0 Å². The van der Waals surface area contributed by atoms with Gasteiger partial charge in [0.15, 0.2) is 0 Å². The summed E-state index contributed by atoms with van der Waals surface area (Å²) in [5.41, 5.74) is 0.0544. The van der Waals surface area contributed by atoms with Crippen LogP contribution in [0.5, 0.6) is 0 Å². The summed E-state index contributed by atoms with van der Waals surface area (Å²) in [6.07, 6.45) is 11.8. The van der Waals surface area contributed by atoms with Gasteiger partial charge >= 0.3 is 0 Å². The summed E-state index contributed by atoms with van der Waals surface area (Å²) in [5.74, 6) is 0. The van der Waals surface area contributed by atoms with Gasteiger partial charge in [-0.3, -0.25) is 0 Å². The minimum atomic E-state index is -0.0874. The molecule has 76 valence electrons. The molecule has 2 aliphatic heterocycles. The summed E-state index contributed by atoms with van der Waals surface area (Å²) in [7, 11) is 0. The normalized spacial score (nSPS) is 49.6. The molecule has 2 fully saturated rings. The second-order valence-corrected chi connectivity index (χ2v) is 4.65. The fourth-order valence-corrected chi connectivity index (χ4v) is 3.27. The van der Waals surface area contributed by atoms with E-state index >= 15 is 0 Å². The first-order chi connectivity index (χ1) is 6.80. The monoisotopic (exact) mass is 192 g/mol. The fourth-order valence-electron chi connectivity index (χ4n) is 3.27. The lowest BCUT2D eigenvalue weighted by molar-refractivity contribution is -0.157. The maximum atomic E-state index is 6.00. The molecule has 0 N–H and O–H groups in total. The molecule has 1 saturated carbocycles. The Hall–Kier alpha value is -0.760. The zero-order valence-electron chi connectivity index (χ0n) is 8.37. The molecule has 0 aromatic rings. The molecule has 2 heterocycles. The van der Waals surface area contributed by atoms with E-state index < -0.39 is 0 Å². The number of fused-ring (bicyclic) bond motifs is 1. The minimum Gasteiger partial charge on any atom is -0.473 e. The Bertz CT molecular complexity index is 297. The van der Waals surface area contributed by atoms with Crippen molar-refractivity contribution in [1.82, 2.24) is 0 Å². The van der Waals surface area contributed by atoms with Gasteiger partial charge in [-0.2, -0.15) is 0 Å². The van der Waals surface area contributed by atoms with Crippen molar-refractivity contribution in [2.45, 2.75) is 44.0 Å². The Morgan fingerprint density at radius 3 is 3.07 bits per heavy atom. The van der Waals surface area contributed by atoms with E-state index in [1.165, 1.54) is 19.3 Å². The first-order valence-electron chi connectivity index (χ1n) is 5.45. The number of hydrogen-bond acceptors (Lipinski definition) is 2. The predicted octanol–water partition coefficient (Wildman–Crippen LogP) is 2.76. The van der Waals surface area contributed by atoms with Gasteiger partial charge in [0.2, 0.25) is 6.29 Å². The third-order valence-electron chi connectivity index (χ3n) is 4.09. The molecule has 2 heteroatoms. The van der Waals surface area contributed by atoms with Crippen LogP contribution in [0.1, 0.15) is 32.1 Å². The van der Waals surface area contributed by atoms with Gasteiger partial charge in [0.25, 0.3) is 0 Å². The minimum absolute atomic E-state index is 0.0314. The maximum Gasteiger partial charge on any atom is 0.200 e. The van der Waals surface area contributed by atoms with Crippen molar-refractivity contribution < 1.29 is 9.47 Å². The summed E-state index contributed by atoms with van der Waals surface area (Å²) in [5, 5.41) is 0. The third-order valence-corrected chi connectivity index (χ3v) is 4.09. The summed E-state index contributed by atoms with van der Waals surface area (Å²) < 4.78 is 11.4. The van der Waals surface area contributed by atoms with E-state index in [1.54, 1.807) is 0 Å². The zero-order valence-corrected chi connectivity index (χ0v) is 8.37. The van der Waals surface area contributed by atoms with E-state index in [1.807, 2.05) is 6.26 Å². The molecular formula is C12H16O2. The van der Waals surface area contributed by atoms with Gasteiger partial charge in [-0.25, -0.2) is 0 Å². The van der Waals surface area contributed by atoms with Gasteiger partial charge in [-0.15, -0.1) is 6.58 Å². The lowest BCUT2D eigenvalue weighted by Gasteiger charge is -2.44. The Balaban J connectivity index is 2.08.